The highest BCUT2D eigenvalue weighted by molar-refractivity contribution is 9.11. The standard InChI is InChI=1S/C22H18Br2N2O3.ClH/c23-14-5-7-17(18(24)10-14)21-8-6-15(29-21)12-26-20(22(27)28)9-13-11-25-19-4-2-1-3-16(13)19;/h1-8,10-11,20,25-26H,9,12H2,(H,27,28);1H. The largest absolute Gasteiger partial charge is 0.480 e. The van der Waals surface area contributed by atoms with Crippen LogP contribution < -0.4 is 5.32 Å². The molecule has 0 radical (unpaired) electrons. The Labute approximate surface area is 196 Å². The molecule has 156 valence electrons. The van der Waals surface area contributed by atoms with Gasteiger partial charge >= 0.3 is 5.97 Å². The number of halogens is 3. The molecule has 4 rings (SSSR count). The highest BCUT2D eigenvalue weighted by Crippen LogP contribution is 2.32. The van der Waals surface area contributed by atoms with E-state index in [1.54, 1.807) is 0 Å². The number of para-hydroxylation sites is 1. The van der Waals surface area contributed by atoms with Gasteiger partial charge in [0.2, 0.25) is 0 Å². The second kappa shape index (κ2) is 9.83. The van der Waals surface area contributed by atoms with Crippen LogP contribution in [0.2, 0.25) is 0 Å². The summed E-state index contributed by atoms with van der Waals surface area (Å²) in [4.78, 5) is 15.0. The molecule has 3 N–H and O–H groups in total. The van der Waals surface area contributed by atoms with E-state index in [1.165, 1.54) is 0 Å². The molecular weight excluding hydrogens is 536 g/mol. The van der Waals surface area contributed by atoms with Crippen LogP contribution in [-0.4, -0.2) is 22.1 Å². The van der Waals surface area contributed by atoms with Crippen molar-refractivity contribution in [3.63, 3.8) is 0 Å². The molecule has 1 atom stereocenters. The topological polar surface area (TPSA) is 78.3 Å². The quantitative estimate of drug-likeness (QED) is 0.256. The van der Waals surface area contributed by atoms with Gasteiger partial charge in [-0.3, -0.25) is 10.1 Å². The highest BCUT2D eigenvalue weighted by Gasteiger charge is 2.20. The number of carbonyl (C=O) groups is 1. The Morgan fingerprint density at radius 2 is 1.93 bits per heavy atom. The third-order valence-electron chi connectivity index (χ3n) is 4.78. The molecule has 0 bridgehead atoms. The third-order valence-corrected chi connectivity index (χ3v) is 5.93. The molecule has 0 amide bonds. The minimum Gasteiger partial charge on any atom is -0.480 e. The predicted octanol–water partition coefficient (Wildman–Crippen LogP) is 6.16. The summed E-state index contributed by atoms with van der Waals surface area (Å²) in [5.41, 5.74) is 2.91. The molecule has 2 heterocycles. The first kappa shape index (κ1) is 22.6. The maximum Gasteiger partial charge on any atom is 0.321 e. The average molecular weight is 555 g/mol. The minimum atomic E-state index is -0.891. The zero-order valence-corrected chi connectivity index (χ0v) is 19.7. The van der Waals surface area contributed by atoms with Crippen molar-refractivity contribution in [3.8, 4) is 11.3 Å². The van der Waals surface area contributed by atoms with Crippen molar-refractivity contribution in [2.45, 2.75) is 19.0 Å². The summed E-state index contributed by atoms with van der Waals surface area (Å²) in [6.07, 6.45) is 2.25. The molecule has 8 heteroatoms. The Bertz CT molecular complexity index is 1170. The van der Waals surface area contributed by atoms with E-state index >= 15 is 0 Å². The Balaban J connectivity index is 0.00000256. The lowest BCUT2D eigenvalue weighted by molar-refractivity contribution is -0.139. The number of carboxylic acids is 1. The molecule has 0 saturated carbocycles. The van der Waals surface area contributed by atoms with Crippen molar-refractivity contribution in [2.75, 3.05) is 0 Å². The van der Waals surface area contributed by atoms with Crippen LogP contribution in [0.5, 0.6) is 0 Å². The highest BCUT2D eigenvalue weighted by atomic mass is 79.9. The summed E-state index contributed by atoms with van der Waals surface area (Å²) in [6.45, 7) is 0.327. The maximum atomic E-state index is 11.8. The van der Waals surface area contributed by atoms with Crippen LogP contribution in [0.15, 0.2) is 74.2 Å². The second-order valence-electron chi connectivity index (χ2n) is 6.73. The molecule has 4 aromatic rings. The molecule has 0 fully saturated rings. The number of fused-ring (bicyclic) bond motifs is 1. The molecule has 0 saturated heterocycles. The summed E-state index contributed by atoms with van der Waals surface area (Å²) in [5.74, 6) is 0.516. The number of H-pyrrole nitrogens is 1. The van der Waals surface area contributed by atoms with Gasteiger partial charge in [0.1, 0.15) is 17.6 Å². The number of carboxylic acid groups (broad SMARTS) is 1. The van der Waals surface area contributed by atoms with Gasteiger partial charge in [0.15, 0.2) is 0 Å². The van der Waals surface area contributed by atoms with Crippen LogP contribution >= 0.6 is 44.3 Å². The van der Waals surface area contributed by atoms with Crippen molar-refractivity contribution in [1.82, 2.24) is 10.3 Å². The number of aromatic amines is 1. The van der Waals surface area contributed by atoms with Crippen LogP contribution in [0.1, 0.15) is 11.3 Å². The molecule has 30 heavy (non-hydrogen) atoms. The smallest absolute Gasteiger partial charge is 0.321 e. The SMILES string of the molecule is Cl.O=C(O)C(Cc1c[nH]c2ccccc12)NCc1ccc(-c2ccc(Br)cc2Br)o1. The first-order valence-corrected chi connectivity index (χ1v) is 10.6. The maximum absolute atomic E-state index is 11.8. The van der Waals surface area contributed by atoms with Crippen LogP contribution in [0.3, 0.4) is 0 Å². The van der Waals surface area contributed by atoms with Crippen molar-refractivity contribution in [1.29, 1.82) is 0 Å². The van der Waals surface area contributed by atoms with Crippen LogP contribution in [0.25, 0.3) is 22.2 Å². The van der Waals surface area contributed by atoms with Gasteiger partial charge in [0.25, 0.3) is 0 Å². The fourth-order valence-electron chi connectivity index (χ4n) is 3.30. The summed E-state index contributed by atoms with van der Waals surface area (Å²) in [6, 6.07) is 16.8. The molecule has 0 aliphatic rings. The van der Waals surface area contributed by atoms with Gasteiger partial charge in [0, 0.05) is 38.0 Å². The van der Waals surface area contributed by atoms with Gasteiger partial charge < -0.3 is 14.5 Å². The van der Waals surface area contributed by atoms with Crippen molar-refractivity contribution >= 4 is 61.1 Å². The molecule has 0 aliphatic carbocycles. The Morgan fingerprint density at radius 1 is 1.13 bits per heavy atom. The van der Waals surface area contributed by atoms with E-state index in [1.807, 2.05) is 60.8 Å². The number of hydrogen-bond donors (Lipinski definition) is 3. The number of furan rings is 1. The number of hydrogen-bond acceptors (Lipinski definition) is 3. The zero-order chi connectivity index (χ0) is 20.4. The molecule has 0 aliphatic heterocycles. The zero-order valence-electron chi connectivity index (χ0n) is 15.7. The first-order valence-electron chi connectivity index (χ1n) is 9.06. The minimum absolute atomic E-state index is 0. The van der Waals surface area contributed by atoms with E-state index < -0.39 is 12.0 Å². The van der Waals surface area contributed by atoms with E-state index in [0.717, 1.165) is 36.7 Å². The fraction of sp³-hybridized carbons (Fsp3) is 0.136. The molecular formula is C22H19Br2ClN2O3. The van der Waals surface area contributed by atoms with Gasteiger partial charge in [-0.05, 0) is 57.9 Å². The summed E-state index contributed by atoms with van der Waals surface area (Å²) in [5, 5.41) is 13.8. The van der Waals surface area contributed by atoms with E-state index in [4.69, 9.17) is 4.42 Å². The lowest BCUT2D eigenvalue weighted by Crippen LogP contribution is -2.37. The van der Waals surface area contributed by atoms with E-state index in [-0.39, 0.29) is 12.4 Å². The predicted molar refractivity (Wildman–Crippen MR) is 127 cm³/mol. The van der Waals surface area contributed by atoms with E-state index in [2.05, 4.69) is 42.2 Å². The number of benzene rings is 2. The Kier molecular flexibility index (Phi) is 7.41. The number of nitrogens with one attached hydrogen (secondary N) is 2. The first-order chi connectivity index (χ1) is 14.0. The average Bonchev–Trinajstić information content (AvgIpc) is 3.32. The van der Waals surface area contributed by atoms with Gasteiger partial charge in [-0.25, -0.2) is 0 Å². The van der Waals surface area contributed by atoms with Crippen molar-refractivity contribution in [3.05, 3.63) is 81.1 Å². The van der Waals surface area contributed by atoms with Gasteiger partial charge in [-0.1, -0.05) is 34.1 Å². The van der Waals surface area contributed by atoms with Gasteiger partial charge in [0.05, 0.1) is 6.54 Å². The summed E-state index contributed by atoms with van der Waals surface area (Å²) >= 11 is 6.98. The second-order valence-corrected chi connectivity index (χ2v) is 8.50. The van der Waals surface area contributed by atoms with Crippen LogP contribution in [-0.2, 0) is 17.8 Å². The summed E-state index contributed by atoms with van der Waals surface area (Å²) < 4.78 is 7.81. The lowest BCUT2D eigenvalue weighted by atomic mass is 10.0. The van der Waals surface area contributed by atoms with E-state index in [0.29, 0.717) is 18.7 Å². The Morgan fingerprint density at radius 3 is 2.70 bits per heavy atom. The monoisotopic (exact) mass is 552 g/mol. The number of aromatic nitrogens is 1. The number of rotatable bonds is 7. The third kappa shape index (κ3) is 4.98. The molecule has 2 aromatic heterocycles. The fourth-order valence-corrected chi connectivity index (χ4v) is 4.54. The normalized spacial score (nSPS) is 11.9. The van der Waals surface area contributed by atoms with Crippen molar-refractivity contribution < 1.29 is 14.3 Å². The van der Waals surface area contributed by atoms with Crippen LogP contribution in [0, 0.1) is 0 Å². The lowest BCUT2D eigenvalue weighted by Gasteiger charge is -2.13. The van der Waals surface area contributed by atoms with Gasteiger partial charge in [-0.2, -0.15) is 0 Å². The number of aliphatic carboxylic acids is 1. The van der Waals surface area contributed by atoms with Crippen LogP contribution in [0.4, 0.5) is 0 Å². The van der Waals surface area contributed by atoms with Crippen molar-refractivity contribution in [2.24, 2.45) is 0 Å². The Hall–Kier alpha value is -2.06. The van der Waals surface area contributed by atoms with Gasteiger partial charge in [-0.15, -0.1) is 12.4 Å². The molecule has 1 unspecified atom stereocenters. The summed E-state index contributed by atoms with van der Waals surface area (Å²) in [7, 11) is 0. The molecule has 0 spiro atoms. The molecule has 5 nitrogen and oxygen atoms in total. The van der Waals surface area contributed by atoms with E-state index in [9.17, 15) is 9.90 Å². The molecule has 2 aromatic carbocycles.